The van der Waals surface area contributed by atoms with Gasteiger partial charge in [-0.1, -0.05) is 0 Å². The fourth-order valence-electron chi connectivity index (χ4n) is 2.21. The van der Waals surface area contributed by atoms with Gasteiger partial charge in [0.05, 0.1) is 30.9 Å². The Morgan fingerprint density at radius 2 is 1.90 bits per heavy atom. The molecule has 3 aromatic rings. The molecule has 1 aromatic heterocycles. The summed E-state index contributed by atoms with van der Waals surface area (Å²) in [7, 11) is 3.28. The first kappa shape index (κ1) is 12.3. The standard InChI is InChI=1S/C15H15N3O2/c1-19-11-4-6-15(20-2)14(8-11)18-9-17-12-7-10(16)3-5-13(12)18/h3-9H,16H2,1-2H3. The van der Waals surface area contributed by atoms with Gasteiger partial charge in [-0.05, 0) is 30.3 Å². The minimum atomic E-state index is 0.695. The summed E-state index contributed by atoms with van der Waals surface area (Å²) < 4.78 is 12.6. The molecule has 0 saturated carbocycles. The predicted molar refractivity (Wildman–Crippen MR) is 78.6 cm³/mol. The van der Waals surface area contributed by atoms with E-state index in [4.69, 9.17) is 15.2 Å². The minimum absolute atomic E-state index is 0.695. The maximum Gasteiger partial charge on any atom is 0.143 e. The molecule has 0 radical (unpaired) electrons. The van der Waals surface area contributed by atoms with Gasteiger partial charge in [0, 0.05) is 11.8 Å². The largest absolute Gasteiger partial charge is 0.497 e. The zero-order chi connectivity index (χ0) is 14.1. The van der Waals surface area contributed by atoms with Crippen molar-refractivity contribution < 1.29 is 9.47 Å². The fourth-order valence-corrected chi connectivity index (χ4v) is 2.21. The van der Waals surface area contributed by atoms with Crippen molar-refractivity contribution >= 4 is 16.7 Å². The van der Waals surface area contributed by atoms with Crippen LogP contribution in [0.5, 0.6) is 11.5 Å². The Bertz CT molecular complexity index is 765. The first-order valence-electron chi connectivity index (χ1n) is 6.18. The molecule has 102 valence electrons. The first-order valence-corrected chi connectivity index (χ1v) is 6.18. The highest BCUT2D eigenvalue weighted by Gasteiger charge is 2.11. The fraction of sp³-hybridized carbons (Fsp3) is 0.133. The van der Waals surface area contributed by atoms with Crippen molar-refractivity contribution in [2.45, 2.75) is 0 Å². The third-order valence-electron chi connectivity index (χ3n) is 3.22. The van der Waals surface area contributed by atoms with E-state index in [1.165, 1.54) is 0 Å². The van der Waals surface area contributed by atoms with Crippen LogP contribution in [-0.2, 0) is 0 Å². The third-order valence-corrected chi connectivity index (χ3v) is 3.22. The molecule has 0 aliphatic carbocycles. The van der Waals surface area contributed by atoms with Crippen LogP contribution in [0.15, 0.2) is 42.7 Å². The number of hydrogen-bond acceptors (Lipinski definition) is 4. The lowest BCUT2D eigenvalue weighted by Gasteiger charge is -2.12. The van der Waals surface area contributed by atoms with Gasteiger partial charge in [0.2, 0.25) is 0 Å². The summed E-state index contributed by atoms with van der Waals surface area (Å²) in [6.07, 6.45) is 1.75. The molecule has 0 fully saturated rings. The summed E-state index contributed by atoms with van der Waals surface area (Å²) in [5.41, 5.74) is 9.15. The van der Waals surface area contributed by atoms with Crippen LogP contribution in [0.3, 0.4) is 0 Å². The van der Waals surface area contributed by atoms with Crippen molar-refractivity contribution in [2.24, 2.45) is 0 Å². The van der Waals surface area contributed by atoms with Gasteiger partial charge in [-0.25, -0.2) is 4.98 Å². The molecule has 0 atom stereocenters. The predicted octanol–water partition coefficient (Wildman–Crippen LogP) is 2.62. The average molecular weight is 269 g/mol. The highest BCUT2D eigenvalue weighted by molar-refractivity contribution is 5.81. The number of nitrogens with zero attached hydrogens (tertiary/aromatic N) is 2. The van der Waals surface area contributed by atoms with Gasteiger partial charge in [0.15, 0.2) is 0 Å². The van der Waals surface area contributed by atoms with E-state index < -0.39 is 0 Å². The van der Waals surface area contributed by atoms with Gasteiger partial charge in [-0.2, -0.15) is 0 Å². The maximum absolute atomic E-state index is 5.78. The Morgan fingerprint density at radius 3 is 2.65 bits per heavy atom. The Morgan fingerprint density at radius 1 is 1.05 bits per heavy atom. The highest BCUT2D eigenvalue weighted by atomic mass is 16.5. The smallest absolute Gasteiger partial charge is 0.143 e. The minimum Gasteiger partial charge on any atom is -0.497 e. The van der Waals surface area contributed by atoms with Crippen LogP contribution in [0.2, 0.25) is 0 Å². The number of ether oxygens (including phenoxy) is 2. The number of aromatic nitrogens is 2. The Kier molecular flexibility index (Phi) is 2.95. The van der Waals surface area contributed by atoms with Crippen molar-refractivity contribution in [3.8, 4) is 17.2 Å². The number of anilines is 1. The van der Waals surface area contributed by atoms with E-state index in [1.54, 1.807) is 20.5 Å². The topological polar surface area (TPSA) is 62.3 Å². The monoisotopic (exact) mass is 269 g/mol. The number of fused-ring (bicyclic) bond motifs is 1. The quantitative estimate of drug-likeness (QED) is 0.742. The van der Waals surface area contributed by atoms with Crippen molar-refractivity contribution in [1.29, 1.82) is 0 Å². The number of benzene rings is 2. The molecule has 0 saturated heterocycles. The van der Waals surface area contributed by atoms with E-state index in [9.17, 15) is 0 Å². The number of imidazole rings is 1. The van der Waals surface area contributed by atoms with E-state index in [0.717, 1.165) is 28.2 Å². The molecule has 0 aliphatic heterocycles. The second-order valence-corrected chi connectivity index (χ2v) is 4.40. The van der Waals surface area contributed by atoms with Crippen LogP contribution in [0.1, 0.15) is 0 Å². The molecule has 0 bridgehead atoms. The zero-order valence-corrected chi connectivity index (χ0v) is 11.3. The molecular formula is C15H15N3O2. The second kappa shape index (κ2) is 4.77. The van der Waals surface area contributed by atoms with Crippen LogP contribution in [-0.4, -0.2) is 23.8 Å². The Labute approximate surface area is 116 Å². The molecule has 0 unspecified atom stereocenters. The third kappa shape index (κ3) is 1.93. The van der Waals surface area contributed by atoms with E-state index in [2.05, 4.69) is 4.98 Å². The van der Waals surface area contributed by atoms with E-state index >= 15 is 0 Å². The van der Waals surface area contributed by atoms with Crippen LogP contribution in [0.25, 0.3) is 16.7 Å². The van der Waals surface area contributed by atoms with Crippen molar-refractivity contribution in [3.63, 3.8) is 0 Å². The van der Waals surface area contributed by atoms with Crippen molar-refractivity contribution in [1.82, 2.24) is 9.55 Å². The molecule has 0 aliphatic rings. The SMILES string of the molecule is COc1ccc(OC)c(-n2cnc3cc(N)ccc32)c1. The lowest BCUT2D eigenvalue weighted by Crippen LogP contribution is -1.98. The van der Waals surface area contributed by atoms with Gasteiger partial charge in [0.1, 0.15) is 17.8 Å². The van der Waals surface area contributed by atoms with Crippen LogP contribution in [0, 0.1) is 0 Å². The van der Waals surface area contributed by atoms with Gasteiger partial charge in [-0.3, -0.25) is 4.57 Å². The van der Waals surface area contributed by atoms with E-state index in [1.807, 2.05) is 41.0 Å². The summed E-state index contributed by atoms with van der Waals surface area (Å²) in [6.45, 7) is 0. The number of hydrogen-bond donors (Lipinski definition) is 1. The molecule has 20 heavy (non-hydrogen) atoms. The van der Waals surface area contributed by atoms with Crippen LogP contribution >= 0.6 is 0 Å². The lowest BCUT2D eigenvalue weighted by molar-refractivity contribution is 0.402. The number of methoxy groups -OCH3 is 2. The molecule has 0 amide bonds. The number of rotatable bonds is 3. The molecule has 5 heteroatoms. The molecule has 0 spiro atoms. The highest BCUT2D eigenvalue weighted by Crippen LogP contribution is 2.30. The summed E-state index contributed by atoms with van der Waals surface area (Å²) in [5.74, 6) is 1.51. The first-order chi connectivity index (χ1) is 9.72. The molecule has 5 nitrogen and oxygen atoms in total. The van der Waals surface area contributed by atoms with Crippen LogP contribution in [0.4, 0.5) is 5.69 Å². The van der Waals surface area contributed by atoms with Gasteiger partial charge >= 0.3 is 0 Å². The number of nitrogens with two attached hydrogens (primary N) is 1. The molecule has 2 aromatic carbocycles. The molecule has 1 heterocycles. The van der Waals surface area contributed by atoms with E-state index in [-0.39, 0.29) is 0 Å². The second-order valence-electron chi connectivity index (χ2n) is 4.40. The summed E-state index contributed by atoms with van der Waals surface area (Å²) in [4.78, 5) is 4.37. The van der Waals surface area contributed by atoms with Crippen LogP contribution < -0.4 is 15.2 Å². The van der Waals surface area contributed by atoms with Gasteiger partial charge < -0.3 is 15.2 Å². The normalized spacial score (nSPS) is 10.7. The Hall–Kier alpha value is -2.69. The summed E-state index contributed by atoms with van der Waals surface area (Å²) in [5, 5.41) is 0. The summed E-state index contributed by atoms with van der Waals surface area (Å²) >= 11 is 0. The average Bonchev–Trinajstić information content (AvgIpc) is 2.89. The summed E-state index contributed by atoms with van der Waals surface area (Å²) in [6, 6.07) is 11.3. The maximum atomic E-state index is 5.78. The molecule has 3 rings (SSSR count). The van der Waals surface area contributed by atoms with Crippen molar-refractivity contribution in [3.05, 3.63) is 42.7 Å². The van der Waals surface area contributed by atoms with Gasteiger partial charge in [0.25, 0.3) is 0 Å². The molecule has 2 N–H and O–H groups in total. The number of nitrogen functional groups attached to an aromatic ring is 1. The zero-order valence-electron chi connectivity index (χ0n) is 11.3. The molecular weight excluding hydrogens is 254 g/mol. The van der Waals surface area contributed by atoms with Crippen molar-refractivity contribution in [2.75, 3.05) is 20.0 Å². The lowest BCUT2D eigenvalue weighted by atomic mass is 10.2. The van der Waals surface area contributed by atoms with E-state index in [0.29, 0.717) is 5.69 Å². The van der Waals surface area contributed by atoms with Gasteiger partial charge in [-0.15, -0.1) is 0 Å². The Balaban J connectivity index is 2.24.